The summed E-state index contributed by atoms with van der Waals surface area (Å²) in [6.45, 7) is 7.67. The number of hydrogen-bond acceptors (Lipinski definition) is 8. The maximum Gasteiger partial charge on any atom is 0.227 e. The number of carbonyl (C=O) groups is 1. The number of anilines is 4. The second-order valence-electron chi connectivity index (χ2n) is 8.54. The Morgan fingerprint density at radius 3 is 2.49 bits per heavy atom. The van der Waals surface area contributed by atoms with Crippen molar-refractivity contribution in [3.05, 3.63) is 36.0 Å². The van der Waals surface area contributed by atoms with Gasteiger partial charge in [-0.25, -0.2) is 9.97 Å². The first-order chi connectivity index (χ1) is 17.0. The molecule has 9 nitrogen and oxygen atoms in total. The molecule has 35 heavy (non-hydrogen) atoms. The van der Waals surface area contributed by atoms with E-state index in [-0.39, 0.29) is 11.8 Å². The molecule has 1 aliphatic carbocycles. The first-order valence-electron chi connectivity index (χ1n) is 12.1. The van der Waals surface area contributed by atoms with Crippen molar-refractivity contribution in [2.24, 2.45) is 5.92 Å². The van der Waals surface area contributed by atoms with Gasteiger partial charge in [0.25, 0.3) is 0 Å². The standard InChI is InChI=1S/C25H33N7O2S/c1-5-32(6-2)23-21(34-4)22(27-20-15-16(3)30-31-20)28-25(29-23)35-19-13-11-18(12-14-19)26-24(33)17-9-7-8-10-17/h11-15,17H,5-10H2,1-4H3,(H,26,33)(H2,27,28,29,30,31). The minimum absolute atomic E-state index is 0.120. The molecule has 186 valence electrons. The van der Waals surface area contributed by atoms with Crippen LogP contribution in [0.5, 0.6) is 5.75 Å². The van der Waals surface area contributed by atoms with Crippen molar-refractivity contribution in [1.82, 2.24) is 20.2 Å². The molecule has 3 N–H and O–H groups in total. The van der Waals surface area contributed by atoms with Crippen molar-refractivity contribution >= 4 is 40.8 Å². The van der Waals surface area contributed by atoms with E-state index >= 15 is 0 Å². The quantitative estimate of drug-likeness (QED) is 0.322. The van der Waals surface area contributed by atoms with Gasteiger partial charge >= 0.3 is 0 Å². The summed E-state index contributed by atoms with van der Waals surface area (Å²) < 4.78 is 5.72. The van der Waals surface area contributed by atoms with Crippen LogP contribution < -0.4 is 20.3 Å². The Labute approximate surface area is 210 Å². The molecule has 1 aliphatic rings. The van der Waals surface area contributed by atoms with Gasteiger partial charge in [0, 0.05) is 41.4 Å². The zero-order valence-corrected chi connectivity index (χ0v) is 21.5. The number of carbonyl (C=O) groups excluding carboxylic acids is 1. The molecule has 3 aromatic rings. The van der Waals surface area contributed by atoms with Crippen LogP contribution in [-0.4, -0.2) is 46.3 Å². The number of aromatic amines is 1. The summed E-state index contributed by atoms with van der Waals surface area (Å²) in [7, 11) is 1.62. The zero-order chi connectivity index (χ0) is 24.8. The first-order valence-corrected chi connectivity index (χ1v) is 12.9. The summed E-state index contributed by atoms with van der Waals surface area (Å²) in [5.74, 6) is 2.77. The van der Waals surface area contributed by atoms with Crippen LogP contribution >= 0.6 is 11.8 Å². The van der Waals surface area contributed by atoms with Gasteiger partial charge < -0.3 is 20.3 Å². The van der Waals surface area contributed by atoms with E-state index in [1.54, 1.807) is 7.11 Å². The maximum atomic E-state index is 12.4. The van der Waals surface area contributed by atoms with E-state index in [1.165, 1.54) is 11.8 Å². The molecule has 2 heterocycles. The normalized spacial score (nSPS) is 13.6. The Morgan fingerprint density at radius 2 is 1.89 bits per heavy atom. The number of aromatic nitrogens is 4. The lowest BCUT2D eigenvalue weighted by molar-refractivity contribution is -0.119. The summed E-state index contributed by atoms with van der Waals surface area (Å²) in [4.78, 5) is 25.1. The third kappa shape index (κ3) is 6.05. The van der Waals surface area contributed by atoms with Crippen molar-refractivity contribution in [2.45, 2.75) is 56.5 Å². The van der Waals surface area contributed by atoms with Crippen molar-refractivity contribution in [3.8, 4) is 5.75 Å². The van der Waals surface area contributed by atoms with Gasteiger partial charge in [-0.3, -0.25) is 9.89 Å². The van der Waals surface area contributed by atoms with Crippen molar-refractivity contribution in [2.75, 3.05) is 35.7 Å². The average Bonchev–Trinajstić information content (AvgIpc) is 3.53. The van der Waals surface area contributed by atoms with Crippen molar-refractivity contribution in [1.29, 1.82) is 0 Å². The molecule has 2 aromatic heterocycles. The van der Waals surface area contributed by atoms with E-state index in [0.717, 1.165) is 60.9 Å². The lowest BCUT2D eigenvalue weighted by atomic mass is 10.1. The zero-order valence-electron chi connectivity index (χ0n) is 20.7. The van der Waals surface area contributed by atoms with Gasteiger partial charge in [0.05, 0.1) is 7.11 Å². The average molecular weight is 496 g/mol. The van der Waals surface area contributed by atoms with Crippen LogP contribution in [0.2, 0.25) is 0 Å². The second kappa shape index (κ2) is 11.4. The van der Waals surface area contributed by atoms with E-state index in [0.29, 0.717) is 22.5 Å². The predicted molar refractivity (Wildman–Crippen MR) is 140 cm³/mol. The smallest absolute Gasteiger partial charge is 0.227 e. The number of nitrogens with one attached hydrogen (secondary N) is 3. The van der Waals surface area contributed by atoms with Gasteiger partial charge in [-0.1, -0.05) is 12.8 Å². The van der Waals surface area contributed by atoms with Crippen LogP contribution in [0.25, 0.3) is 0 Å². The Balaban J connectivity index is 1.57. The summed E-state index contributed by atoms with van der Waals surface area (Å²) in [6.07, 6.45) is 4.25. The van der Waals surface area contributed by atoms with Gasteiger partial charge in [0.2, 0.25) is 11.7 Å². The van der Waals surface area contributed by atoms with Crippen molar-refractivity contribution in [3.63, 3.8) is 0 Å². The van der Waals surface area contributed by atoms with Crippen molar-refractivity contribution < 1.29 is 9.53 Å². The van der Waals surface area contributed by atoms with Crippen LogP contribution in [0.1, 0.15) is 45.2 Å². The Kier molecular flexibility index (Phi) is 8.12. The summed E-state index contributed by atoms with van der Waals surface area (Å²) >= 11 is 1.46. The molecule has 0 unspecified atom stereocenters. The highest BCUT2D eigenvalue weighted by atomic mass is 32.2. The number of H-pyrrole nitrogens is 1. The fourth-order valence-electron chi connectivity index (χ4n) is 4.22. The fourth-order valence-corrected chi connectivity index (χ4v) is 4.97. The number of rotatable bonds is 10. The number of hydrogen-bond donors (Lipinski definition) is 3. The molecular weight excluding hydrogens is 462 g/mol. The van der Waals surface area contributed by atoms with E-state index in [9.17, 15) is 4.79 Å². The number of benzene rings is 1. The van der Waals surface area contributed by atoms with E-state index in [4.69, 9.17) is 14.7 Å². The van der Waals surface area contributed by atoms with Gasteiger partial charge in [-0.05, 0) is 69.6 Å². The van der Waals surface area contributed by atoms with E-state index < -0.39 is 0 Å². The van der Waals surface area contributed by atoms with Crippen LogP contribution in [-0.2, 0) is 4.79 Å². The Hall–Kier alpha value is -3.27. The maximum absolute atomic E-state index is 12.4. The molecule has 1 fully saturated rings. The van der Waals surface area contributed by atoms with Crippen LogP contribution in [0.4, 0.5) is 23.1 Å². The minimum atomic E-state index is 0.120. The molecule has 0 spiro atoms. The largest absolute Gasteiger partial charge is 0.490 e. The second-order valence-corrected chi connectivity index (χ2v) is 9.58. The molecular formula is C25H33N7O2S. The fraction of sp³-hybridized carbons (Fsp3) is 0.440. The number of methoxy groups -OCH3 is 1. The third-order valence-electron chi connectivity index (χ3n) is 6.10. The van der Waals surface area contributed by atoms with Gasteiger partial charge in [-0.2, -0.15) is 5.10 Å². The molecule has 0 bridgehead atoms. The summed E-state index contributed by atoms with van der Waals surface area (Å²) in [5.41, 5.74) is 1.75. The molecule has 10 heteroatoms. The number of aryl methyl sites for hydroxylation is 1. The molecule has 0 aliphatic heterocycles. The van der Waals surface area contributed by atoms with Crippen LogP contribution in [0.3, 0.4) is 0 Å². The van der Waals surface area contributed by atoms with Crippen LogP contribution in [0.15, 0.2) is 40.4 Å². The molecule has 0 atom stereocenters. The highest BCUT2D eigenvalue weighted by molar-refractivity contribution is 7.99. The Morgan fingerprint density at radius 1 is 1.17 bits per heavy atom. The number of ether oxygens (including phenoxy) is 1. The first kappa shape index (κ1) is 24.8. The molecule has 0 radical (unpaired) electrons. The predicted octanol–water partition coefficient (Wildman–Crippen LogP) is 5.39. The lowest BCUT2D eigenvalue weighted by Crippen LogP contribution is -2.24. The lowest BCUT2D eigenvalue weighted by Gasteiger charge is -2.23. The van der Waals surface area contributed by atoms with Gasteiger partial charge in [0.15, 0.2) is 22.6 Å². The van der Waals surface area contributed by atoms with Gasteiger partial charge in [0.1, 0.15) is 0 Å². The van der Waals surface area contributed by atoms with E-state index in [2.05, 4.69) is 39.6 Å². The summed E-state index contributed by atoms with van der Waals surface area (Å²) in [6, 6.07) is 9.71. The molecule has 1 aromatic carbocycles. The van der Waals surface area contributed by atoms with E-state index in [1.807, 2.05) is 37.3 Å². The number of nitrogens with zero attached hydrogens (tertiary/aromatic N) is 4. The third-order valence-corrected chi connectivity index (χ3v) is 6.98. The number of amides is 1. The molecule has 1 amide bonds. The van der Waals surface area contributed by atoms with Gasteiger partial charge in [-0.15, -0.1) is 0 Å². The highest BCUT2D eigenvalue weighted by Gasteiger charge is 2.23. The Bertz CT molecular complexity index is 1140. The minimum Gasteiger partial charge on any atom is -0.490 e. The summed E-state index contributed by atoms with van der Waals surface area (Å²) in [5, 5.41) is 14.1. The molecule has 0 saturated heterocycles. The SMILES string of the molecule is CCN(CC)c1nc(Sc2ccc(NC(=O)C3CCCC3)cc2)nc(Nc2cc(C)[nH]n2)c1OC. The van der Waals surface area contributed by atoms with Crippen LogP contribution in [0, 0.1) is 12.8 Å². The highest BCUT2D eigenvalue weighted by Crippen LogP contribution is 2.38. The topological polar surface area (TPSA) is 108 Å². The molecule has 1 saturated carbocycles. The monoisotopic (exact) mass is 495 g/mol. The molecule has 4 rings (SSSR count).